The Bertz CT molecular complexity index is 335. The van der Waals surface area contributed by atoms with E-state index >= 15 is 0 Å². The molecule has 1 aromatic rings. The summed E-state index contributed by atoms with van der Waals surface area (Å²) in [6.07, 6.45) is 0. The Hall–Kier alpha value is -1.25. The smallest absolute Gasteiger partial charge is 0.127 e. The van der Waals surface area contributed by atoms with Gasteiger partial charge in [0.15, 0.2) is 0 Å². The molecule has 0 aromatic heterocycles. The summed E-state index contributed by atoms with van der Waals surface area (Å²) in [5.74, 6) is 0.197. The molecule has 1 atom stereocenters. The first-order valence-electron chi connectivity index (χ1n) is 5.59. The Kier molecular flexibility index (Phi) is 3.79. The summed E-state index contributed by atoms with van der Waals surface area (Å²) in [6, 6.07) is 4.53. The van der Waals surface area contributed by atoms with Crippen molar-refractivity contribution in [2.24, 2.45) is 11.3 Å². The number of halogens is 1. The van der Waals surface area contributed by atoms with Crippen LogP contribution in [0.2, 0.25) is 0 Å². The molecule has 0 bridgehead atoms. The van der Waals surface area contributed by atoms with Crippen molar-refractivity contribution in [2.45, 2.75) is 27.7 Å². The Morgan fingerprint density at radius 2 is 1.94 bits per heavy atom. The summed E-state index contributed by atoms with van der Waals surface area (Å²) in [4.78, 5) is 0. The van der Waals surface area contributed by atoms with Crippen LogP contribution in [0.5, 0.6) is 0 Å². The van der Waals surface area contributed by atoms with Crippen LogP contribution in [-0.2, 0) is 0 Å². The molecular formula is C13H21FN2. The number of benzene rings is 1. The SMILES string of the molecule is CC(CNc1cc(N)cc(F)c1)C(C)(C)C. The van der Waals surface area contributed by atoms with Crippen molar-refractivity contribution in [1.82, 2.24) is 0 Å². The average Bonchev–Trinajstić information content (AvgIpc) is 2.11. The summed E-state index contributed by atoms with van der Waals surface area (Å²) < 4.78 is 13.1. The molecule has 3 N–H and O–H groups in total. The van der Waals surface area contributed by atoms with Gasteiger partial charge in [-0.2, -0.15) is 0 Å². The van der Waals surface area contributed by atoms with Gasteiger partial charge in [0.2, 0.25) is 0 Å². The molecule has 0 saturated carbocycles. The second-order valence-corrected chi connectivity index (χ2v) is 5.42. The molecule has 0 heterocycles. The molecule has 0 spiro atoms. The van der Waals surface area contributed by atoms with E-state index in [2.05, 4.69) is 33.0 Å². The minimum atomic E-state index is -0.300. The number of nitrogen functional groups attached to an aromatic ring is 1. The molecule has 2 nitrogen and oxygen atoms in total. The quantitative estimate of drug-likeness (QED) is 0.771. The predicted molar refractivity (Wildman–Crippen MR) is 67.9 cm³/mol. The lowest BCUT2D eigenvalue weighted by molar-refractivity contribution is 0.274. The third kappa shape index (κ3) is 3.72. The largest absolute Gasteiger partial charge is 0.399 e. The molecule has 0 fully saturated rings. The van der Waals surface area contributed by atoms with Gasteiger partial charge in [-0.25, -0.2) is 4.39 Å². The molecule has 1 unspecified atom stereocenters. The van der Waals surface area contributed by atoms with Gasteiger partial charge in [-0.1, -0.05) is 27.7 Å². The number of nitrogens with two attached hydrogens (primary N) is 1. The highest BCUT2D eigenvalue weighted by Gasteiger charge is 2.19. The zero-order valence-corrected chi connectivity index (χ0v) is 10.5. The monoisotopic (exact) mass is 224 g/mol. The van der Waals surface area contributed by atoms with Crippen molar-refractivity contribution in [3.63, 3.8) is 0 Å². The van der Waals surface area contributed by atoms with Crippen LogP contribution in [0.15, 0.2) is 18.2 Å². The zero-order chi connectivity index (χ0) is 12.3. The zero-order valence-electron chi connectivity index (χ0n) is 10.5. The van der Waals surface area contributed by atoms with Gasteiger partial charge in [-0.3, -0.25) is 0 Å². The van der Waals surface area contributed by atoms with Gasteiger partial charge in [0.05, 0.1) is 0 Å². The van der Waals surface area contributed by atoms with Gasteiger partial charge >= 0.3 is 0 Å². The van der Waals surface area contributed by atoms with Crippen molar-refractivity contribution in [2.75, 3.05) is 17.6 Å². The van der Waals surface area contributed by atoms with Gasteiger partial charge in [-0.15, -0.1) is 0 Å². The van der Waals surface area contributed by atoms with Crippen molar-refractivity contribution in [1.29, 1.82) is 0 Å². The first-order chi connectivity index (χ1) is 7.29. The number of anilines is 2. The van der Waals surface area contributed by atoms with Gasteiger partial charge in [0.25, 0.3) is 0 Å². The molecule has 0 radical (unpaired) electrons. The molecule has 1 rings (SSSR count). The molecule has 0 aliphatic heterocycles. The summed E-state index contributed by atoms with van der Waals surface area (Å²) >= 11 is 0. The highest BCUT2D eigenvalue weighted by Crippen LogP contribution is 2.26. The Morgan fingerprint density at radius 3 is 2.44 bits per heavy atom. The van der Waals surface area contributed by atoms with Crippen LogP contribution in [0, 0.1) is 17.2 Å². The van der Waals surface area contributed by atoms with Crippen LogP contribution in [0.25, 0.3) is 0 Å². The summed E-state index contributed by atoms with van der Waals surface area (Å²) in [5.41, 5.74) is 7.01. The first-order valence-corrected chi connectivity index (χ1v) is 5.59. The minimum absolute atomic E-state index is 0.242. The van der Waals surface area contributed by atoms with Crippen LogP contribution in [0.1, 0.15) is 27.7 Å². The van der Waals surface area contributed by atoms with E-state index in [1.807, 2.05) is 0 Å². The standard InChI is InChI=1S/C13H21FN2/c1-9(13(2,3)4)8-16-12-6-10(14)5-11(15)7-12/h5-7,9,16H,8,15H2,1-4H3. The van der Waals surface area contributed by atoms with E-state index < -0.39 is 0 Å². The summed E-state index contributed by atoms with van der Waals surface area (Å²) in [7, 11) is 0. The molecule has 0 amide bonds. The normalized spacial score (nSPS) is 13.6. The molecule has 16 heavy (non-hydrogen) atoms. The van der Waals surface area contributed by atoms with E-state index in [0.29, 0.717) is 11.6 Å². The predicted octanol–water partition coefficient (Wildman–Crippen LogP) is 3.50. The van der Waals surface area contributed by atoms with Gasteiger partial charge < -0.3 is 11.1 Å². The lowest BCUT2D eigenvalue weighted by atomic mass is 9.82. The third-order valence-electron chi connectivity index (χ3n) is 3.01. The fourth-order valence-electron chi connectivity index (χ4n) is 1.29. The number of nitrogens with one attached hydrogen (secondary N) is 1. The fourth-order valence-corrected chi connectivity index (χ4v) is 1.29. The van der Waals surface area contributed by atoms with Crippen LogP contribution < -0.4 is 11.1 Å². The van der Waals surface area contributed by atoms with Gasteiger partial charge in [0, 0.05) is 17.9 Å². The van der Waals surface area contributed by atoms with E-state index in [1.54, 1.807) is 6.07 Å². The minimum Gasteiger partial charge on any atom is -0.399 e. The van der Waals surface area contributed by atoms with Gasteiger partial charge in [-0.05, 0) is 29.5 Å². The maximum absolute atomic E-state index is 13.1. The van der Waals surface area contributed by atoms with Crippen molar-refractivity contribution in [3.05, 3.63) is 24.0 Å². The first kappa shape index (κ1) is 12.8. The van der Waals surface area contributed by atoms with Crippen LogP contribution >= 0.6 is 0 Å². The number of hydrogen-bond acceptors (Lipinski definition) is 2. The maximum Gasteiger partial charge on any atom is 0.127 e. The van der Waals surface area contributed by atoms with Crippen LogP contribution in [-0.4, -0.2) is 6.54 Å². The Morgan fingerprint density at radius 1 is 1.31 bits per heavy atom. The van der Waals surface area contributed by atoms with E-state index in [4.69, 9.17) is 5.73 Å². The average molecular weight is 224 g/mol. The molecular weight excluding hydrogens is 203 g/mol. The highest BCUT2D eigenvalue weighted by molar-refractivity contribution is 5.54. The molecule has 0 aliphatic carbocycles. The van der Waals surface area contributed by atoms with E-state index in [9.17, 15) is 4.39 Å². The molecule has 0 aliphatic rings. The van der Waals surface area contributed by atoms with E-state index in [0.717, 1.165) is 12.2 Å². The van der Waals surface area contributed by atoms with Crippen molar-refractivity contribution >= 4 is 11.4 Å². The Labute approximate surface area is 97.0 Å². The van der Waals surface area contributed by atoms with Crippen molar-refractivity contribution in [3.8, 4) is 0 Å². The van der Waals surface area contributed by atoms with Gasteiger partial charge in [0.1, 0.15) is 5.82 Å². The molecule has 90 valence electrons. The lowest BCUT2D eigenvalue weighted by Crippen LogP contribution is -2.24. The van der Waals surface area contributed by atoms with E-state index in [-0.39, 0.29) is 11.2 Å². The molecule has 1 aromatic carbocycles. The highest BCUT2D eigenvalue weighted by atomic mass is 19.1. The third-order valence-corrected chi connectivity index (χ3v) is 3.01. The second kappa shape index (κ2) is 4.73. The number of hydrogen-bond donors (Lipinski definition) is 2. The lowest BCUT2D eigenvalue weighted by Gasteiger charge is -2.27. The Balaban J connectivity index is 2.61. The topological polar surface area (TPSA) is 38.0 Å². The van der Waals surface area contributed by atoms with Crippen LogP contribution in [0.4, 0.5) is 15.8 Å². The van der Waals surface area contributed by atoms with Crippen LogP contribution in [0.3, 0.4) is 0 Å². The maximum atomic E-state index is 13.1. The second-order valence-electron chi connectivity index (χ2n) is 5.42. The fraction of sp³-hybridized carbons (Fsp3) is 0.538. The molecule has 3 heteroatoms. The summed E-state index contributed by atoms with van der Waals surface area (Å²) in [6.45, 7) is 9.57. The molecule has 0 saturated heterocycles. The summed E-state index contributed by atoms with van der Waals surface area (Å²) in [5, 5.41) is 3.21. The van der Waals surface area contributed by atoms with E-state index in [1.165, 1.54) is 12.1 Å². The number of rotatable bonds is 3. The van der Waals surface area contributed by atoms with Crippen molar-refractivity contribution < 1.29 is 4.39 Å².